The van der Waals surface area contributed by atoms with Crippen molar-refractivity contribution < 1.29 is 14.1 Å². The number of imide groups is 1. The molecule has 0 spiro atoms. The zero-order valence-corrected chi connectivity index (χ0v) is 11.8. The number of hydrogen-bond donors (Lipinski definition) is 0. The molecule has 1 heterocycles. The summed E-state index contributed by atoms with van der Waals surface area (Å²) in [5, 5.41) is 0. The van der Waals surface area contributed by atoms with Gasteiger partial charge < -0.3 is 4.48 Å². The summed E-state index contributed by atoms with van der Waals surface area (Å²) in [5.74, 6) is -0.308. The molecule has 4 heteroatoms. The fourth-order valence-electron chi connectivity index (χ4n) is 2.64. The maximum atomic E-state index is 12.3. The second-order valence-corrected chi connectivity index (χ2v) is 5.02. The third-order valence-electron chi connectivity index (χ3n) is 4.33. The second kappa shape index (κ2) is 5.13. The van der Waals surface area contributed by atoms with Gasteiger partial charge in [0.05, 0.1) is 30.8 Å². The third kappa shape index (κ3) is 2.16. The van der Waals surface area contributed by atoms with E-state index in [-0.39, 0.29) is 11.8 Å². The largest absolute Gasteiger partial charge is 0.307 e. The molecular weight excluding hydrogens is 240 g/mol. The molecule has 0 fully saturated rings. The number of quaternary nitrogens is 1. The SMILES string of the molecule is CC[N+](CC)(CC)CN1C(=O)c2ccccc2C1=O. The summed E-state index contributed by atoms with van der Waals surface area (Å²) >= 11 is 0. The fraction of sp³-hybridized carbons (Fsp3) is 0.467. The monoisotopic (exact) mass is 261 g/mol. The fourth-order valence-corrected chi connectivity index (χ4v) is 2.64. The van der Waals surface area contributed by atoms with E-state index in [9.17, 15) is 9.59 Å². The smallest absolute Gasteiger partial charge is 0.265 e. The Hall–Kier alpha value is -1.68. The summed E-state index contributed by atoms with van der Waals surface area (Å²) in [4.78, 5) is 26.1. The lowest BCUT2D eigenvalue weighted by Gasteiger charge is -2.37. The van der Waals surface area contributed by atoms with Crippen LogP contribution in [0.15, 0.2) is 24.3 Å². The lowest BCUT2D eigenvalue weighted by molar-refractivity contribution is -0.929. The molecule has 4 nitrogen and oxygen atoms in total. The zero-order chi connectivity index (χ0) is 14.0. The summed E-state index contributed by atoms with van der Waals surface area (Å²) in [6.07, 6.45) is 0. The average Bonchev–Trinajstić information content (AvgIpc) is 2.70. The molecule has 0 aliphatic carbocycles. The molecule has 0 saturated heterocycles. The molecule has 0 bridgehead atoms. The molecule has 0 atom stereocenters. The van der Waals surface area contributed by atoms with Crippen LogP contribution in [0.25, 0.3) is 0 Å². The minimum absolute atomic E-state index is 0.154. The molecule has 0 saturated carbocycles. The van der Waals surface area contributed by atoms with Crippen LogP contribution in [0.2, 0.25) is 0 Å². The Morgan fingerprint density at radius 2 is 1.32 bits per heavy atom. The van der Waals surface area contributed by atoms with Crippen molar-refractivity contribution in [2.24, 2.45) is 0 Å². The van der Waals surface area contributed by atoms with Gasteiger partial charge in [-0.05, 0) is 32.9 Å². The Morgan fingerprint density at radius 3 is 1.68 bits per heavy atom. The molecule has 1 aliphatic rings. The van der Waals surface area contributed by atoms with Crippen molar-refractivity contribution in [2.75, 3.05) is 26.3 Å². The highest BCUT2D eigenvalue weighted by molar-refractivity contribution is 6.21. The van der Waals surface area contributed by atoms with Crippen molar-refractivity contribution in [2.45, 2.75) is 20.8 Å². The first-order chi connectivity index (χ1) is 9.08. The van der Waals surface area contributed by atoms with E-state index in [2.05, 4.69) is 20.8 Å². The van der Waals surface area contributed by atoms with Crippen molar-refractivity contribution in [3.63, 3.8) is 0 Å². The zero-order valence-electron chi connectivity index (χ0n) is 11.8. The highest BCUT2D eigenvalue weighted by atomic mass is 16.2. The van der Waals surface area contributed by atoms with Gasteiger partial charge in [-0.15, -0.1) is 0 Å². The highest BCUT2D eigenvalue weighted by Gasteiger charge is 2.39. The number of carbonyl (C=O) groups is 2. The Morgan fingerprint density at radius 1 is 0.895 bits per heavy atom. The normalized spacial score (nSPS) is 15.0. The molecule has 1 aliphatic heterocycles. The van der Waals surface area contributed by atoms with Crippen LogP contribution >= 0.6 is 0 Å². The molecule has 2 rings (SSSR count). The Balaban J connectivity index is 2.30. The number of hydrogen-bond acceptors (Lipinski definition) is 2. The number of rotatable bonds is 5. The van der Waals surface area contributed by atoms with Crippen LogP contribution < -0.4 is 0 Å². The third-order valence-corrected chi connectivity index (χ3v) is 4.33. The topological polar surface area (TPSA) is 37.4 Å². The van der Waals surface area contributed by atoms with Gasteiger partial charge >= 0.3 is 0 Å². The van der Waals surface area contributed by atoms with Gasteiger partial charge in [-0.3, -0.25) is 9.59 Å². The van der Waals surface area contributed by atoms with Crippen molar-refractivity contribution in [1.82, 2.24) is 4.90 Å². The van der Waals surface area contributed by atoms with Gasteiger partial charge in [0.25, 0.3) is 11.8 Å². The summed E-state index contributed by atoms with van der Waals surface area (Å²) in [5.41, 5.74) is 1.07. The maximum absolute atomic E-state index is 12.3. The van der Waals surface area contributed by atoms with E-state index < -0.39 is 0 Å². The molecule has 0 radical (unpaired) electrons. The lowest BCUT2D eigenvalue weighted by atomic mass is 10.1. The number of nitrogens with zero attached hydrogens (tertiary/aromatic N) is 2. The minimum atomic E-state index is -0.154. The van der Waals surface area contributed by atoms with Gasteiger partial charge in [0.1, 0.15) is 0 Å². The first kappa shape index (κ1) is 13.7. The quantitative estimate of drug-likeness (QED) is 0.601. The predicted octanol–water partition coefficient (Wildman–Crippen LogP) is 2.12. The number of amides is 2. The van der Waals surface area contributed by atoms with Gasteiger partial charge in [0.15, 0.2) is 6.67 Å². The maximum Gasteiger partial charge on any atom is 0.265 e. The van der Waals surface area contributed by atoms with Crippen molar-refractivity contribution >= 4 is 11.8 Å². The standard InChI is InChI=1S/C15H21N2O2/c1-4-17(5-2,6-3)11-16-14(18)12-9-7-8-10-13(12)15(16)19/h7-10H,4-6,11H2,1-3H3/q+1. The van der Waals surface area contributed by atoms with Crippen LogP contribution in [-0.2, 0) is 0 Å². The van der Waals surface area contributed by atoms with E-state index >= 15 is 0 Å². The van der Waals surface area contributed by atoms with E-state index in [0.717, 1.165) is 24.1 Å². The van der Waals surface area contributed by atoms with Crippen molar-refractivity contribution in [3.05, 3.63) is 35.4 Å². The van der Waals surface area contributed by atoms with E-state index in [0.29, 0.717) is 17.8 Å². The first-order valence-electron chi connectivity index (χ1n) is 6.89. The highest BCUT2D eigenvalue weighted by Crippen LogP contribution is 2.24. The first-order valence-corrected chi connectivity index (χ1v) is 6.89. The summed E-state index contributed by atoms with van der Waals surface area (Å²) in [6.45, 7) is 9.53. The number of fused-ring (bicyclic) bond motifs is 1. The van der Waals surface area contributed by atoms with Crippen LogP contribution in [0.1, 0.15) is 41.5 Å². The van der Waals surface area contributed by atoms with Crippen LogP contribution in [0.3, 0.4) is 0 Å². The molecule has 1 aromatic rings. The van der Waals surface area contributed by atoms with E-state index in [1.807, 2.05) is 0 Å². The minimum Gasteiger partial charge on any atom is -0.307 e. The van der Waals surface area contributed by atoms with Crippen LogP contribution in [0, 0.1) is 0 Å². The van der Waals surface area contributed by atoms with Gasteiger partial charge in [0, 0.05) is 0 Å². The molecule has 0 N–H and O–H groups in total. The Labute approximate surface area is 114 Å². The Bertz CT molecular complexity index is 463. The van der Waals surface area contributed by atoms with Gasteiger partial charge in [-0.25, -0.2) is 4.90 Å². The van der Waals surface area contributed by atoms with Crippen LogP contribution in [0.5, 0.6) is 0 Å². The van der Waals surface area contributed by atoms with E-state index in [4.69, 9.17) is 0 Å². The molecule has 0 unspecified atom stereocenters. The second-order valence-electron chi connectivity index (χ2n) is 5.02. The molecule has 102 valence electrons. The van der Waals surface area contributed by atoms with Gasteiger partial charge in [-0.1, -0.05) is 12.1 Å². The summed E-state index contributed by atoms with van der Waals surface area (Å²) in [6, 6.07) is 7.06. The lowest BCUT2D eigenvalue weighted by Crippen LogP contribution is -2.55. The number of benzene rings is 1. The van der Waals surface area contributed by atoms with Crippen LogP contribution in [0.4, 0.5) is 0 Å². The average molecular weight is 261 g/mol. The Kier molecular flexibility index (Phi) is 3.71. The molecular formula is C15H21N2O2+. The summed E-state index contributed by atoms with van der Waals surface area (Å²) < 4.78 is 0.755. The van der Waals surface area contributed by atoms with Gasteiger partial charge in [0.2, 0.25) is 0 Å². The van der Waals surface area contributed by atoms with Crippen LogP contribution in [-0.4, -0.2) is 47.5 Å². The van der Waals surface area contributed by atoms with E-state index in [1.54, 1.807) is 24.3 Å². The number of carbonyl (C=O) groups excluding carboxylic acids is 2. The van der Waals surface area contributed by atoms with Gasteiger partial charge in [-0.2, -0.15) is 0 Å². The molecule has 0 aromatic heterocycles. The summed E-state index contributed by atoms with van der Waals surface area (Å²) in [7, 11) is 0. The predicted molar refractivity (Wildman–Crippen MR) is 73.7 cm³/mol. The molecule has 1 aromatic carbocycles. The van der Waals surface area contributed by atoms with Crippen molar-refractivity contribution in [1.29, 1.82) is 0 Å². The van der Waals surface area contributed by atoms with Crippen molar-refractivity contribution in [3.8, 4) is 0 Å². The molecule has 2 amide bonds. The van der Waals surface area contributed by atoms with E-state index in [1.165, 1.54) is 4.90 Å². The molecule has 19 heavy (non-hydrogen) atoms.